The Balaban J connectivity index is 2.09. The predicted molar refractivity (Wildman–Crippen MR) is 64.3 cm³/mol. The van der Waals surface area contributed by atoms with Gasteiger partial charge in [-0.15, -0.1) is 0 Å². The first-order chi connectivity index (χ1) is 7.72. The van der Waals surface area contributed by atoms with Crippen LogP contribution in [0.2, 0.25) is 0 Å². The van der Waals surface area contributed by atoms with Crippen LogP contribution in [0.4, 0.5) is 5.82 Å². The summed E-state index contributed by atoms with van der Waals surface area (Å²) in [5.41, 5.74) is 0. The topological polar surface area (TPSA) is 42.4 Å². The molecule has 1 fully saturated rings. The van der Waals surface area contributed by atoms with Crippen LogP contribution in [0.1, 0.15) is 6.42 Å². The third kappa shape index (κ3) is 2.19. The molecule has 2 rings (SSSR count). The van der Waals surface area contributed by atoms with Crippen molar-refractivity contribution >= 4 is 27.7 Å². The summed E-state index contributed by atoms with van der Waals surface area (Å²) in [5.74, 6) is 0.738. The summed E-state index contributed by atoms with van der Waals surface area (Å²) >= 11 is 3.46. The average molecular weight is 285 g/mol. The van der Waals surface area contributed by atoms with Gasteiger partial charge in [0.05, 0.1) is 17.5 Å². The molecule has 0 saturated carbocycles. The fourth-order valence-electron chi connectivity index (χ4n) is 1.92. The number of halogens is 1. The van der Waals surface area contributed by atoms with Gasteiger partial charge < -0.3 is 9.64 Å². The molecule has 4 nitrogen and oxygen atoms in total. The van der Waals surface area contributed by atoms with Crippen molar-refractivity contribution in [3.05, 3.63) is 22.8 Å². The smallest absolute Gasteiger partial charge is 0.310 e. The lowest BCUT2D eigenvalue weighted by Crippen LogP contribution is -2.24. The lowest BCUT2D eigenvalue weighted by molar-refractivity contribution is -0.144. The van der Waals surface area contributed by atoms with Crippen LogP contribution in [0, 0.1) is 5.92 Å². The molecule has 1 unspecified atom stereocenters. The van der Waals surface area contributed by atoms with Gasteiger partial charge in [0, 0.05) is 19.3 Å². The molecule has 16 heavy (non-hydrogen) atoms. The number of rotatable bonds is 2. The van der Waals surface area contributed by atoms with E-state index in [9.17, 15) is 4.79 Å². The summed E-state index contributed by atoms with van der Waals surface area (Å²) in [6, 6.07) is 3.83. The highest BCUT2D eigenvalue weighted by atomic mass is 79.9. The van der Waals surface area contributed by atoms with Crippen LogP contribution >= 0.6 is 15.9 Å². The SMILES string of the molecule is COC(=O)C1CCN(c2ncccc2Br)C1. The maximum absolute atomic E-state index is 11.4. The van der Waals surface area contributed by atoms with Crippen molar-refractivity contribution in [2.45, 2.75) is 6.42 Å². The molecule has 0 aromatic carbocycles. The van der Waals surface area contributed by atoms with Gasteiger partial charge in [-0.05, 0) is 34.5 Å². The van der Waals surface area contributed by atoms with Crippen molar-refractivity contribution in [3.8, 4) is 0 Å². The number of nitrogens with zero attached hydrogens (tertiary/aromatic N) is 2. The minimum atomic E-state index is -0.130. The average Bonchev–Trinajstić information content (AvgIpc) is 2.78. The third-order valence-electron chi connectivity index (χ3n) is 2.76. The normalized spacial score (nSPS) is 19.9. The Labute approximate surface area is 103 Å². The Morgan fingerprint density at radius 2 is 2.50 bits per heavy atom. The number of esters is 1. The summed E-state index contributed by atoms with van der Waals surface area (Å²) in [4.78, 5) is 17.8. The fraction of sp³-hybridized carbons (Fsp3) is 0.455. The van der Waals surface area contributed by atoms with E-state index >= 15 is 0 Å². The van der Waals surface area contributed by atoms with E-state index in [0.29, 0.717) is 6.54 Å². The molecule has 1 aliphatic heterocycles. The molecule has 1 aliphatic rings. The Bertz CT molecular complexity index is 397. The number of pyridine rings is 1. The van der Waals surface area contributed by atoms with E-state index in [1.165, 1.54) is 7.11 Å². The fourth-order valence-corrected chi connectivity index (χ4v) is 2.43. The lowest BCUT2D eigenvalue weighted by Gasteiger charge is -2.18. The zero-order valence-corrected chi connectivity index (χ0v) is 10.6. The molecule has 86 valence electrons. The molecule has 0 N–H and O–H groups in total. The van der Waals surface area contributed by atoms with Crippen LogP contribution in [0.5, 0.6) is 0 Å². The second-order valence-electron chi connectivity index (χ2n) is 3.76. The highest BCUT2D eigenvalue weighted by molar-refractivity contribution is 9.10. The maximum atomic E-state index is 11.4. The molecule has 0 amide bonds. The zero-order chi connectivity index (χ0) is 11.5. The zero-order valence-electron chi connectivity index (χ0n) is 9.02. The first-order valence-electron chi connectivity index (χ1n) is 5.15. The quantitative estimate of drug-likeness (QED) is 0.778. The molecule has 0 bridgehead atoms. The Kier molecular flexibility index (Phi) is 3.43. The van der Waals surface area contributed by atoms with Crippen LogP contribution < -0.4 is 4.90 Å². The van der Waals surface area contributed by atoms with Gasteiger partial charge in [-0.3, -0.25) is 4.79 Å². The summed E-state index contributed by atoms with van der Waals surface area (Å²) in [5, 5.41) is 0. The summed E-state index contributed by atoms with van der Waals surface area (Å²) in [7, 11) is 1.43. The van der Waals surface area contributed by atoms with Crippen LogP contribution in [-0.4, -0.2) is 31.2 Å². The van der Waals surface area contributed by atoms with Gasteiger partial charge in [0.25, 0.3) is 0 Å². The first-order valence-corrected chi connectivity index (χ1v) is 5.95. The van der Waals surface area contributed by atoms with E-state index in [1.807, 2.05) is 12.1 Å². The number of hydrogen-bond acceptors (Lipinski definition) is 4. The van der Waals surface area contributed by atoms with E-state index in [2.05, 4.69) is 25.8 Å². The van der Waals surface area contributed by atoms with Gasteiger partial charge in [-0.25, -0.2) is 4.98 Å². The van der Waals surface area contributed by atoms with E-state index in [-0.39, 0.29) is 11.9 Å². The molecule has 0 radical (unpaired) electrons. The molecule has 0 spiro atoms. The summed E-state index contributed by atoms with van der Waals surface area (Å²) in [6.45, 7) is 1.53. The molecule has 1 aromatic heterocycles. The number of carbonyl (C=O) groups is 1. The van der Waals surface area contributed by atoms with Gasteiger partial charge in [0.15, 0.2) is 0 Å². The largest absolute Gasteiger partial charge is 0.469 e. The Hall–Kier alpha value is -1.10. The molecule has 1 atom stereocenters. The Morgan fingerprint density at radius 1 is 1.69 bits per heavy atom. The second kappa shape index (κ2) is 4.82. The van der Waals surface area contributed by atoms with E-state index in [4.69, 9.17) is 4.74 Å². The number of ether oxygens (including phenoxy) is 1. The highest BCUT2D eigenvalue weighted by Gasteiger charge is 2.30. The van der Waals surface area contributed by atoms with Crippen LogP contribution in [0.25, 0.3) is 0 Å². The van der Waals surface area contributed by atoms with Crippen molar-refractivity contribution < 1.29 is 9.53 Å². The van der Waals surface area contributed by atoms with Gasteiger partial charge in [-0.2, -0.15) is 0 Å². The van der Waals surface area contributed by atoms with Crippen LogP contribution in [-0.2, 0) is 9.53 Å². The van der Waals surface area contributed by atoms with E-state index in [1.54, 1.807) is 6.20 Å². The molecule has 5 heteroatoms. The number of aromatic nitrogens is 1. The van der Waals surface area contributed by atoms with Crippen molar-refractivity contribution in [2.24, 2.45) is 5.92 Å². The molecule has 0 aliphatic carbocycles. The predicted octanol–water partition coefficient (Wildman–Crippen LogP) is 1.84. The standard InChI is InChI=1S/C11H13BrN2O2/c1-16-11(15)8-4-6-14(7-8)10-9(12)3-2-5-13-10/h2-3,5,8H,4,6-7H2,1H3. The highest BCUT2D eigenvalue weighted by Crippen LogP contribution is 2.28. The second-order valence-corrected chi connectivity index (χ2v) is 4.62. The van der Waals surface area contributed by atoms with E-state index < -0.39 is 0 Å². The maximum Gasteiger partial charge on any atom is 0.310 e. The molecular formula is C11H13BrN2O2. The Morgan fingerprint density at radius 3 is 3.19 bits per heavy atom. The minimum Gasteiger partial charge on any atom is -0.469 e. The minimum absolute atomic E-state index is 0.0288. The van der Waals surface area contributed by atoms with Crippen molar-refractivity contribution in [1.82, 2.24) is 4.98 Å². The monoisotopic (exact) mass is 284 g/mol. The lowest BCUT2D eigenvalue weighted by atomic mass is 10.1. The molecule has 1 aromatic rings. The van der Waals surface area contributed by atoms with Crippen molar-refractivity contribution in [3.63, 3.8) is 0 Å². The first kappa shape index (κ1) is 11.4. The van der Waals surface area contributed by atoms with Gasteiger partial charge in [0.2, 0.25) is 0 Å². The third-order valence-corrected chi connectivity index (χ3v) is 3.38. The van der Waals surface area contributed by atoms with Crippen LogP contribution in [0.3, 0.4) is 0 Å². The van der Waals surface area contributed by atoms with Crippen LogP contribution in [0.15, 0.2) is 22.8 Å². The van der Waals surface area contributed by atoms with Gasteiger partial charge in [-0.1, -0.05) is 0 Å². The summed E-state index contributed by atoms with van der Waals surface area (Å²) < 4.78 is 5.71. The van der Waals surface area contributed by atoms with Gasteiger partial charge in [0.1, 0.15) is 5.82 Å². The van der Waals surface area contributed by atoms with Crippen molar-refractivity contribution in [2.75, 3.05) is 25.1 Å². The number of carbonyl (C=O) groups excluding carboxylic acids is 1. The number of hydrogen-bond donors (Lipinski definition) is 0. The van der Waals surface area contributed by atoms with Gasteiger partial charge >= 0.3 is 5.97 Å². The molecule has 1 saturated heterocycles. The van der Waals surface area contributed by atoms with E-state index in [0.717, 1.165) is 23.3 Å². The van der Waals surface area contributed by atoms with Crippen molar-refractivity contribution in [1.29, 1.82) is 0 Å². The molecular weight excluding hydrogens is 272 g/mol. The molecule has 2 heterocycles. The number of anilines is 1. The number of methoxy groups -OCH3 is 1. The summed E-state index contributed by atoms with van der Waals surface area (Å²) in [6.07, 6.45) is 2.58.